The van der Waals surface area contributed by atoms with Crippen molar-refractivity contribution in [1.29, 1.82) is 0 Å². The number of ether oxygens (including phenoxy) is 1. The number of hydrogen-bond donors (Lipinski definition) is 0. The summed E-state index contributed by atoms with van der Waals surface area (Å²) in [6.07, 6.45) is 1.33. The fourth-order valence-corrected chi connectivity index (χ4v) is 3.11. The number of methoxy groups -OCH3 is 1. The number of carbonyl (C=O) groups excluding carboxylic acids is 1. The molecule has 88 valence electrons. The summed E-state index contributed by atoms with van der Waals surface area (Å²) in [4.78, 5) is 11.0. The summed E-state index contributed by atoms with van der Waals surface area (Å²) in [6.45, 7) is 3.84. The minimum Gasteiger partial charge on any atom is -0.466 e. The number of allylic oxidation sites excluding steroid dienone is 1. The average molecular weight is 252 g/mol. The first kappa shape index (κ1) is 14.8. The first-order valence-corrected chi connectivity index (χ1v) is 7.29. The van der Waals surface area contributed by atoms with Gasteiger partial charge in [0.2, 0.25) is 6.49 Å². The minimum atomic E-state index is -2.48. The summed E-state index contributed by atoms with van der Waals surface area (Å²) in [5.74, 6) is -0.443. The number of rotatable bonds is 6. The van der Waals surface area contributed by atoms with Crippen molar-refractivity contribution in [1.82, 2.24) is 0 Å². The molecule has 0 radical (unpaired) electrons. The van der Waals surface area contributed by atoms with Crippen LogP contribution in [0, 0.1) is 0 Å². The number of hydrogen-bond acceptors (Lipinski definition) is 5. The van der Waals surface area contributed by atoms with Crippen molar-refractivity contribution in [3.05, 3.63) is 11.4 Å². The summed E-state index contributed by atoms with van der Waals surface area (Å²) >= 11 is 5.28. The fraction of sp³-hybridized carbons (Fsp3) is 0.667. The van der Waals surface area contributed by atoms with Crippen LogP contribution in [0.4, 0.5) is 0 Å². The van der Waals surface area contributed by atoms with Crippen LogP contribution in [0.15, 0.2) is 11.4 Å². The molecule has 0 rings (SSSR count). The summed E-state index contributed by atoms with van der Waals surface area (Å²) in [5, 5.41) is 0.619. The molecule has 0 unspecified atom stereocenters. The van der Waals surface area contributed by atoms with Crippen molar-refractivity contribution in [3.8, 4) is 0 Å². The maximum absolute atomic E-state index is 11.0. The van der Waals surface area contributed by atoms with Gasteiger partial charge in [0.25, 0.3) is 0 Å². The average Bonchev–Trinajstić information content (AvgIpc) is 2.18. The van der Waals surface area contributed by atoms with Crippen LogP contribution >= 0.6 is 6.49 Å². The molecule has 0 aromatic carbocycles. The smallest absolute Gasteiger partial charge is 0.330 e. The molecule has 0 amide bonds. The summed E-state index contributed by atoms with van der Waals surface area (Å²) in [5.41, 5.74) is 0. The maximum atomic E-state index is 11.0. The highest BCUT2D eigenvalue weighted by molar-refractivity contribution is 8.11. The monoisotopic (exact) mass is 252 g/mol. The van der Waals surface area contributed by atoms with E-state index in [1.165, 1.54) is 13.2 Å². The molecule has 4 nitrogen and oxygen atoms in total. The molecule has 0 saturated carbocycles. The van der Waals surface area contributed by atoms with Crippen molar-refractivity contribution in [2.75, 3.05) is 20.3 Å². The quantitative estimate of drug-likeness (QED) is 0.413. The second kappa shape index (κ2) is 7.12. The van der Waals surface area contributed by atoms with Crippen LogP contribution in [0.25, 0.3) is 0 Å². The van der Waals surface area contributed by atoms with E-state index >= 15 is 0 Å². The molecule has 0 aliphatic rings. The predicted molar refractivity (Wildman–Crippen MR) is 63.3 cm³/mol. The molecular weight excluding hydrogens is 235 g/mol. The lowest BCUT2D eigenvalue weighted by molar-refractivity contribution is -0.134. The Bertz CT molecular complexity index is 278. The zero-order chi connectivity index (χ0) is 11.9. The van der Waals surface area contributed by atoms with Gasteiger partial charge in [-0.25, -0.2) is 4.79 Å². The molecular formula is C9H17O4PS. The van der Waals surface area contributed by atoms with Crippen molar-refractivity contribution >= 4 is 24.3 Å². The van der Waals surface area contributed by atoms with E-state index in [0.717, 1.165) is 0 Å². The fourth-order valence-electron chi connectivity index (χ4n) is 0.889. The van der Waals surface area contributed by atoms with Gasteiger partial charge in [0.05, 0.1) is 20.3 Å². The molecule has 6 heteroatoms. The Morgan fingerprint density at radius 1 is 1.33 bits per heavy atom. The van der Waals surface area contributed by atoms with Gasteiger partial charge in [0.15, 0.2) is 0 Å². The van der Waals surface area contributed by atoms with Crippen LogP contribution < -0.4 is 0 Å². The zero-order valence-electron chi connectivity index (χ0n) is 9.48. The van der Waals surface area contributed by atoms with Gasteiger partial charge in [-0.15, -0.1) is 0 Å². The van der Waals surface area contributed by atoms with E-state index < -0.39 is 12.5 Å². The van der Waals surface area contributed by atoms with E-state index in [1.54, 1.807) is 6.92 Å². The molecule has 0 aromatic rings. The van der Waals surface area contributed by atoms with Crippen LogP contribution in [-0.2, 0) is 30.4 Å². The van der Waals surface area contributed by atoms with E-state index in [4.69, 9.17) is 20.9 Å². The zero-order valence-corrected chi connectivity index (χ0v) is 11.2. The highest BCUT2D eigenvalue weighted by Crippen LogP contribution is 2.55. The lowest BCUT2D eigenvalue weighted by atomic mass is 10.5. The van der Waals surface area contributed by atoms with Gasteiger partial charge < -0.3 is 13.8 Å². The molecule has 0 spiro atoms. The SMILES string of the molecule is CCOP(=S)(OCC)/C(C)=C/C(=O)OC. The summed E-state index contributed by atoms with van der Waals surface area (Å²) in [6, 6.07) is 0. The lowest BCUT2D eigenvalue weighted by Crippen LogP contribution is -2.00. The van der Waals surface area contributed by atoms with Crippen molar-refractivity contribution < 1.29 is 18.6 Å². The second-order valence-corrected chi connectivity index (χ2v) is 6.30. The molecule has 0 N–H and O–H groups in total. The molecule has 0 aliphatic heterocycles. The standard InChI is InChI=1S/C9H17O4PS/c1-5-12-14(15,13-6-2)8(3)7-9(10)11-4/h7H,5-6H2,1-4H3/b8-7+. The van der Waals surface area contributed by atoms with Crippen LogP contribution in [0.1, 0.15) is 20.8 Å². The van der Waals surface area contributed by atoms with E-state index in [2.05, 4.69) is 4.74 Å². The van der Waals surface area contributed by atoms with Gasteiger partial charge in [0, 0.05) is 11.4 Å². The number of esters is 1. The third kappa shape index (κ3) is 4.89. The summed E-state index contributed by atoms with van der Waals surface area (Å²) in [7, 11) is 1.32. The highest BCUT2D eigenvalue weighted by atomic mass is 32.5. The Morgan fingerprint density at radius 3 is 2.13 bits per heavy atom. The Kier molecular flexibility index (Phi) is 7.02. The first-order chi connectivity index (χ1) is 7.00. The van der Waals surface area contributed by atoms with Crippen molar-refractivity contribution in [2.24, 2.45) is 0 Å². The second-order valence-electron chi connectivity index (χ2n) is 2.64. The van der Waals surface area contributed by atoms with Gasteiger partial charge in [-0.05, 0) is 32.6 Å². The Morgan fingerprint density at radius 2 is 1.80 bits per heavy atom. The molecule has 0 aliphatic carbocycles. The molecule has 0 saturated heterocycles. The van der Waals surface area contributed by atoms with Gasteiger partial charge in [0.1, 0.15) is 0 Å². The van der Waals surface area contributed by atoms with Crippen molar-refractivity contribution in [3.63, 3.8) is 0 Å². The van der Waals surface area contributed by atoms with Gasteiger partial charge in [-0.1, -0.05) is 0 Å². The van der Waals surface area contributed by atoms with Gasteiger partial charge in [-0.2, -0.15) is 0 Å². The molecule has 0 atom stereocenters. The predicted octanol–water partition coefficient (Wildman–Crippen LogP) is 2.45. The Balaban J connectivity index is 4.83. The van der Waals surface area contributed by atoms with E-state index in [0.29, 0.717) is 18.5 Å². The Hall–Kier alpha value is -0.220. The van der Waals surface area contributed by atoms with Crippen LogP contribution in [0.2, 0.25) is 0 Å². The van der Waals surface area contributed by atoms with E-state index in [-0.39, 0.29) is 0 Å². The largest absolute Gasteiger partial charge is 0.466 e. The van der Waals surface area contributed by atoms with Crippen LogP contribution in [0.3, 0.4) is 0 Å². The van der Waals surface area contributed by atoms with Gasteiger partial charge in [-0.3, -0.25) is 0 Å². The van der Waals surface area contributed by atoms with E-state index in [1.807, 2.05) is 13.8 Å². The molecule has 0 aromatic heterocycles. The number of carbonyl (C=O) groups is 1. The Labute approximate surface area is 95.8 Å². The van der Waals surface area contributed by atoms with Crippen LogP contribution in [-0.4, -0.2) is 26.3 Å². The topological polar surface area (TPSA) is 44.8 Å². The molecule has 15 heavy (non-hydrogen) atoms. The molecule has 0 fully saturated rings. The van der Waals surface area contributed by atoms with Gasteiger partial charge >= 0.3 is 5.97 Å². The maximum Gasteiger partial charge on any atom is 0.330 e. The highest BCUT2D eigenvalue weighted by Gasteiger charge is 2.21. The normalized spacial score (nSPS) is 12.7. The lowest BCUT2D eigenvalue weighted by Gasteiger charge is -2.21. The van der Waals surface area contributed by atoms with Crippen molar-refractivity contribution in [2.45, 2.75) is 20.8 Å². The molecule has 0 heterocycles. The van der Waals surface area contributed by atoms with E-state index in [9.17, 15) is 4.79 Å². The summed E-state index contributed by atoms with van der Waals surface area (Å²) < 4.78 is 15.3. The van der Waals surface area contributed by atoms with Crippen LogP contribution in [0.5, 0.6) is 0 Å². The third-order valence-electron chi connectivity index (χ3n) is 1.56. The minimum absolute atomic E-state index is 0.443. The first-order valence-electron chi connectivity index (χ1n) is 4.66. The third-order valence-corrected chi connectivity index (χ3v) is 5.24. The molecule has 0 bridgehead atoms.